The first-order valence-electron chi connectivity index (χ1n) is 5.03. The SMILES string of the molecule is Cc1cc([C@H]2CCCCCN2)on1. The largest absolute Gasteiger partial charge is 0.359 e. The lowest BCUT2D eigenvalue weighted by molar-refractivity contribution is 0.332. The highest BCUT2D eigenvalue weighted by atomic mass is 16.5. The van der Waals surface area contributed by atoms with Gasteiger partial charge in [-0.1, -0.05) is 18.0 Å². The van der Waals surface area contributed by atoms with E-state index in [2.05, 4.69) is 10.5 Å². The van der Waals surface area contributed by atoms with Crippen molar-refractivity contribution in [1.82, 2.24) is 10.5 Å². The average molecular weight is 180 g/mol. The normalized spacial score (nSPS) is 24.2. The van der Waals surface area contributed by atoms with E-state index in [-0.39, 0.29) is 0 Å². The molecule has 0 spiro atoms. The van der Waals surface area contributed by atoms with Gasteiger partial charge in [-0.2, -0.15) is 0 Å². The van der Waals surface area contributed by atoms with Crippen LogP contribution in [-0.2, 0) is 0 Å². The van der Waals surface area contributed by atoms with Gasteiger partial charge in [-0.15, -0.1) is 0 Å². The molecule has 0 amide bonds. The molecule has 1 aliphatic heterocycles. The van der Waals surface area contributed by atoms with Crippen molar-refractivity contribution in [2.75, 3.05) is 6.54 Å². The molecule has 72 valence electrons. The molecule has 1 aromatic heterocycles. The van der Waals surface area contributed by atoms with E-state index in [1.54, 1.807) is 0 Å². The second kappa shape index (κ2) is 3.92. The van der Waals surface area contributed by atoms with Gasteiger partial charge in [0.05, 0.1) is 11.7 Å². The Morgan fingerprint density at radius 2 is 2.38 bits per heavy atom. The minimum atomic E-state index is 0.392. The zero-order valence-electron chi connectivity index (χ0n) is 8.05. The third-order valence-electron chi connectivity index (χ3n) is 2.55. The van der Waals surface area contributed by atoms with E-state index >= 15 is 0 Å². The van der Waals surface area contributed by atoms with Crippen LogP contribution in [0.15, 0.2) is 10.6 Å². The number of nitrogens with zero attached hydrogens (tertiary/aromatic N) is 1. The Morgan fingerprint density at radius 3 is 3.15 bits per heavy atom. The first-order chi connectivity index (χ1) is 6.36. The molecule has 1 aromatic rings. The van der Waals surface area contributed by atoms with Gasteiger partial charge in [-0.05, 0) is 26.3 Å². The van der Waals surface area contributed by atoms with Gasteiger partial charge in [0.25, 0.3) is 0 Å². The van der Waals surface area contributed by atoms with Crippen molar-refractivity contribution in [1.29, 1.82) is 0 Å². The fourth-order valence-corrected chi connectivity index (χ4v) is 1.82. The molecule has 1 fully saturated rings. The summed E-state index contributed by atoms with van der Waals surface area (Å²) < 4.78 is 5.25. The monoisotopic (exact) mass is 180 g/mol. The lowest BCUT2D eigenvalue weighted by Crippen LogP contribution is -2.19. The summed E-state index contributed by atoms with van der Waals surface area (Å²) in [6.45, 7) is 3.06. The summed E-state index contributed by atoms with van der Waals surface area (Å²) in [5.74, 6) is 0.999. The lowest BCUT2D eigenvalue weighted by Gasteiger charge is -2.10. The molecule has 1 N–H and O–H groups in total. The highest BCUT2D eigenvalue weighted by molar-refractivity contribution is 5.07. The van der Waals surface area contributed by atoms with Crippen molar-refractivity contribution in [2.45, 2.75) is 38.6 Å². The molecule has 13 heavy (non-hydrogen) atoms. The highest BCUT2D eigenvalue weighted by Crippen LogP contribution is 2.22. The minimum Gasteiger partial charge on any atom is -0.359 e. The van der Waals surface area contributed by atoms with Gasteiger partial charge in [-0.3, -0.25) is 0 Å². The van der Waals surface area contributed by atoms with Gasteiger partial charge < -0.3 is 9.84 Å². The van der Waals surface area contributed by atoms with Gasteiger partial charge in [0, 0.05) is 6.07 Å². The van der Waals surface area contributed by atoms with Crippen molar-refractivity contribution in [2.24, 2.45) is 0 Å². The first kappa shape index (κ1) is 8.75. The predicted octanol–water partition coefficient (Wildman–Crippen LogP) is 2.19. The van der Waals surface area contributed by atoms with Crippen LogP contribution in [0.4, 0.5) is 0 Å². The van der Waals surface area contributed by atoms with E-state index in [1.807, 2.05) is 13.0 Å². The summed E-state index contributed by atoms with van der Waals surface area (Å²) in [4.78, 5) is 0. The molecule has 0 aliphatic carbocycles. The molecule has 0 saturated carbocycles. The number of nitrogens with one attached hydrogen (secondary N) is 1. The fourth-order valence-electron chi connectivity index (χ4n) is 1.82. The van der Waals surface area contributed by atoms with Crippen molar-refractivity contribution in [3.8, 4) is 0 Å². The summed E-state index contributed by atoms with van der Waals surface area (Å²) in [6, 6.07) is 2.42. The third-order valence-corrected chi connectivity index (χ3v) is 2.55. The summed E-state index contributed by atoms with van der Waals surface area (Å²) in [6.07, 6.45) is 5.08. The fraction of sp³-hybridized carbons (Fsp3) is 0.700. The van der Waals surface area contributed by atoms with E-state index in [0.717, 1.165) is 18.0 Å². The molecule has 1 atom stereocenters. The van der Waals surface area contributed by atoms with E-state index in [4.69, 9.17) is 4.52 Å². The summed E-state index contributed by atoms with van der Waals surface area (Å²) >= 11 is 0. The van der Waals surface area contributed by atoms with Crippen LogP contribution in [0.3, 0.4) is 0 Å². The summed E-state index contributed by atoms with van der Waals surface area (Å²) in [5.41, 5.74) is 0.973. The maximum absolute atomic E-state index is 5.25. The molecule has 2 rings (SSSR count). The molecule has 0 aromatic carbocycles. The van der Waals surface area contributed by atoms with Crippen molar-refractivity contribution in [3.63, 3.8) is 0 Å². The number of rotatable bonds is 1. The molecule has 0 radical (unpaired) electrons. The van der Waals surface area contributed by atoms with E-state index in [0.29, 0.717) is 6.04 Å². The predicted molar refractivity (Wildman–Crippen MR) is 50.5 cm³/mol. The van der Waals surface area contributed by atoms with Crippen LogP contribution in [0.25, 0.3) is 0 Å². The number of aromatic nitrogens is 1. The Hall–Kier alpha value is -0.830. The van der Waals surface area contributed by atoms with Crippen LogP contribution in [0.2, 0.25) is 0 Å². The van der Waals surface area contributed by atoms with E-state index < -0.39 is 0 Å². The Morgan fingerprint density at radius 1 is 1.46 bits per heavy atom. The zero-order valence-corrected chi connectivity index (χ0v) is 8.05. The van der Waals surface area contributed by atoms with Gasteiger partial charge in [0.1, 0.15) is 0 Å². The van der Waals surface area contributed by atoms with Crippen molar-refractivity contribution < 1.29 is 4.52 Å². The number of aryl methyl sites for hydroxylation is 1. The summed E-state index contributed by atoms with van der Waals surface area (Å²) in [7, 11) is 0. The third kappa shape index (κ3) is 2.10. The Balaban J connectivity index is 2.06. The maximum atomic E-state index is 5.25. The Bertz CT molecular complexity index is 262. The molecule has 2 heterocycles. The van der Waals surface area contributed by atoms with Crippen LogP contribution >= 0.6 is 0 Å². The van der Waals surface area contributed by atoms with Crippen LogP contribution in [-0.4, -0.2) is 11.7 Å². The molecule has 0 bridgehead atoms. The van der Waals surface area contributed by atoms with Crippen molar-refractivity contribution in [3.05, 3.63) is 17.5 Å². The molecule has 1 saturated heterocycles. The lowest BCUT2D eigenvalue weighted by atomic mass is 10.1. The van der Waals surface area contributed by atoms with E-state index in [9.17, 15) is 0 Å². The van der Waals surface area contributed by atoms with Gasteiger partial charge in [-0.25, -0.2) is 0 Å². The average Bonchev–Trinajstić information content (AvgIpc) is 2.43. The van der Waals surface area contributed by atoms with Crippen LogP contribution in [0, 0.1) is 6.92 Å². The summed E-state index contributed by atoms with van der Waals surface area (Å²) in [5, 5.41) is 7.38. The van der Waals surface area contributed by atoms with E-state index in [1.165, 1.54) is 25.7 Å². The van der Waals surface area contributed by atoms with Gasteiger partial charge in [0.2, 0.25) is 0 Å². The standard InChI is InChI=1S/C10H16N2O/c1-8-7-10(13-12-8)9-5-3-2-4-6-11-9/h7,9,11H,2-6H2,1H3/t9-/m1/s1. The quantitative estimate of drug-likeness (QED) is 0.720. The number of hydrogen-bond donors (Lipinski definition) is 1. The molecule has 0 unspecified atom stereocenters. The molecule has 1 aliphatic rings. The Labute approximate surface area is 78.5 Å². The van der Waals surface area contributed by atoms with Gasteiger partial charge >= 0.3 is 0 Å². The highest BCUT2D eigenvalue weighted by Gasteiger charge is 2.17. The minimum absolute atomic E-state index is 0.392. The van der Waals surface area contributed by atoms with Crippen LogP contribution in [0.5, 0.6) is 0 Å². The molecular formula is C10H16N2O. The maximum Gasteiger partial charge on any atom is 0.153 e. The second-order valence-electron chi connectivity index (χ2n) is 3.73. The number of hydrogen-bond acceptors (Lipinski definition) is 3. The zero-order chi connectivity index (χ0) is 9.10. The van der Waals surface area contributed by atoms with Crippen LogP contribution < -0.4 is 5.32 Å². The first-order valence-corrected chi connectivity index (χ1v) is 5.03. The topological polar surface area (TPSA) is 38.1 Å². The Kier molecular flexibility index (Phi) is 2.64. The second-order valence-corrected chi connectivity index (χ2v) is 3.73. The molecular weight excluding hydrogens is 164 g/mol. The van der Waals surface area contributed by atoms with Gasteiger partial charge in [0.15, 0.2) is 5.76 Å². The molecule has 3 heteroatoms. The van der Waals surface area contributed by atoms with Crippen molar-refractivity contribution >= 4 is 0 Å². The molecule has 3 nitrogen and oxygen atoms in total. The van der Waals surface area contributed by atoms with Crippen LogP contribution in [0.1, 0.15) is 43.2 Å². The smallest absolute Gasteiger partial charge is 0.153 e.